The second kappa shape index (κ2) is 8.85. The summed E-state index contributed by atoms with van der Waals surface area (Å²) in [6.45, 7) is 7.97. The lowest BCUT2D eigenvalue weighted by Gasteiger charge is -2.29. The molecule has 0 saturated carbocycles. The van der Waals surface area contributed by atoms with Crippen LogP contribution in [0, 0.1) is 0 Å². The molecule has 1 atom stereocenters. The molecule has 1 heterocycles. The maximum atomic E-state index is 5.91. The van der Waals surface area contributed by atoms with Gasteiger partial charge in [-0.1, -0.05) is 13.0 Å². The molecule has 1 unspecified atom stereocenters. The summed E-state index contributed by atoms with van der Waals surface area (Å²) in [5, 5.41) is 0. The van der Waals surface area contributed by atoms with E-state index in [1.54, 1.807) is 7.11 Å². The first-order valence-corrected chi connectivity index (χ1v) is 6.78. The van der Waals surface area contributed by atoms with Crippen LogP contribution in [0.25, 0.3) is 0 Å². The molecule has 5 nitrogen and oxygen atoms in total. The van der Waals surface area contributed by atoms with Crippen molar-refractivity contribution in [1.82, 2.24) is 9.88 Å². The number of pyridine rings is 1. The van der Waals surface area contributed by atoms with Crippen LogP contribution in [0.3, 0.4) is 0 Å². The predicted octanol–water partition coefficient (Wildman–Crippen LogP) is 1.45. The van der Waals surface area contributed by atoms with E-state index in [1.165, 1.54) is 0 Å². The lowest BCUT2D eigenvalue weighted by molar-refractivity contribution is 0.0979. The molecule has 0 bridgehead atoms. The van der Waals surface area contributed by atoms with Gasteiger partial charge in [-0.2, -0.15) is 0 Å². The standard InChI is InChI=1S/C14H25N3O2/c1-4-17(8-9-19-5-2)13(10-15)12-6-7-14(18-3)16-11-12/h6-7,11,13H,4-5,8-10,15H2,1-3H3. The minimum Gasteiger partial charge on any atom is -0.481 e. The number of aromatic nitrogens is 1. The fourth-order valence-corrected chi connectivity index (χ4v) is 2.07. The lowest BCUT2D eigenvalue weighted by atomic mass is 10.1. The van der Waals surface area contributed by atoms with E-state index in [0.717, 1.165) is 31.9 Å². The molecule has 0 fully saturated rings. The van der Waals surface area contributed by atoms with Gasteiger partial charge in [-0.15, -0.1) is 0 Å². The topological polar surface area (TPSA) is 60.6 Å². The summed E-state index contributed by atoms with van der Waals surface area (Å²) in [6, 6.07) is 4.06. The van der Waals surface area contributed by atoms with Crippen LogP contribution < -0.4 is 10.5 Å². The average molecular weight is 267 g/mol. The third-order valence-corrected chi connectivity index (χ3v) is 3.15. The minimum absolute atomic E-state index is 0.170. The second-order valence-corrected chi connectivity index (χ2v) is 4.21. The Morgan fingerprint density at radius 1 is 1.37 bits per heavy atom. The number of likely N-dealkylation sites (N-methyl/N-ethyl adjacent to an activating group) is 1. The van der Waals surface area contributed by atoms with Crippen molar-refractivity contribution >= 4 is 0 Å². The molecule has 0 amide bonds. The fraction of sp³-hybridized carbons (Fsp3) is 0.643. The molecule has 2 N–H and O–H groups in total. The number of methoxy groups -OCH3 is 1. The normalized spacial score (nSPS) is 12.7. The molecule has 108 valence electrons. The smallest absolute Gasteiger partial charge is 0.212 e. The first-order valence-electron chi connectivity index (χ1n) is 6.78. The first-order chi connectivity index (χ1) is 9.26. The van der Waals surface area contributed by atoms with Gasteiger partial charge in [-0.25, -0.2) is 4.98 Å². The van der Waals surface area contributed by atoms with E-state index in [1.807, 2.05) is 25.3 Å². The van der Waals surface area contributed by atoms with Crippen LogP contribution in [0.1, 0.15) is 25.5 Å². The van der Waals surface area contributed by atoms with Crippen LogP contribution in [0.15, 0.2) is 18.3 Å². The van der Waals surface area contributed by atoms with Crippen molar-refractivity contribution in [2.45, 2.75) is 19.9 Å². The zero-order valence-electron chi connectivity index (χ0n) is 12.1. The molecule has 0 radical (unpaired) electrons. The van der Waals surface area contributed by atoms with Gasteiger partial charge in [0.1, 0.15) is 0 Å². The van der Waals surface area contributed by atoms with Crippen LogP contribution in [-0.4, -0.2) is 49.8 Å². The second-order valence-electron chi connectivity index (χ2n) is 4.21. The van der Waals surface area contributed by atoms with Crippen molar-refractivity contribution in [3.05, 3.63) is 23.9 Å². The van der Waals surface area contributed by atoms with Crippen LogP contribution in [0.2, 0.25) is 0 Å². The van der Waals surface area contributed by atoms with E-state index in [9.17, 15) is 0 Å². The summed E-state index contributed by atoms with van der Waals surface area (Å²) >= 11 is 0. The Labute approximate surface area is 115 Å². The summed E-state index contributed by atoms with van der Waals surface area (Å²) < 4.78 is 10.5. The molecule has 0 spiro atoms. The molecule has 5 heteroatoms. The number of hydrogen-bond acceptors (Lipinski definition) is 5. The number of nitrogens with two attached hydrogens (primary N) is 1. The maximum Gasteiger partial charge on any atom is 0.212 e. The van der Waals surface area contributed by atoms with Crippen molar-refractivity contribution in [2.75, 3.05) is 40.0 Å². The summed E-state index contributed by atoms with van der Waals surface area (Å²) in [6.07, 6.45) is 1.83. The molecule has 0 aromatic carbocycles. The van der Waals surface area contributed by atoms with Crippen LogP contribution in [0.5, 0.6) is 5.88 Å². The van der Waals surface area contributed by atoms with Crippen LogP contribution in [-0.2, 0) is 4.74 Å². The van der Waals surface area contributed by atoms with Gasteiger partial charge in [0.2, 0.25) is 5.88 Å². The number of nitrogens with zero attached hydrogens (tertiary/aromatic N) is 2. The number of ether oxygens (including phenoxy) is 2. The Hall–Kier alpha value is -1.17. The predicted molar refractivity (Wildman–Crippen MR) is 76.3 cm³/mol. The maximum absolute atomic E-state index is 5.91. The summed E-state index contributed by atoms with van der Waals surface area (Å²) in [4.78, 5) is 6.55. The van der Waals surface area contributed by atoms with Gasteiger partial charge in [-0.3, -0.25) is 4.90 Å². The molecular weight excluding hydrogens is 242 g/mol. The molecule has 1 rings (SSSR count). The summed E-state index contributed by atoms with van der Waals surface area (Å²) in [5.41, 5.74) is 7.03. The highest BCUT2D eigenvalue weighted by Crippen LogP contribution is 2.20. The molecule has 0 aliphatic heterocycles. The molecule has 0 aliphatic carbocycles. The molecular formula is C14H25N3O2. The third kappa shape index (κ3) is 4.78. The van der Waals surface area contributed by atoms with Crippen LogP contribution >= 0.6 is 0 Å². The molecule has 1 aromatic rings. The SMILES string of the molecule is CCOCCN(CC)C(CN)c1ccc(OC)nc1. The van der Waals surface area contributed by atoms with Crippen molar-refractivity contribution in [3.63, 3.8) is 0 Å². The van der Waals surface area contributed by atoms with Gasteiger partial charge < -0.3 is 15.2 Å². The minimum atomic E-state index is 0.170. The quantitative estimate of drug-likeness (QED) is 0.686. The largest absolute Gasteiger partial charge is 0.481 e. The Kier molecular flexibility index (Phi) is 7.40. The zero-order valence-corrected chi connectivity index (χ0v) is 12.1. The van der Waals surface area contributed by atoms with Gasteiger partial charge in [0.05, 0.1) is 13.7 Å². The van der Waals surface area contributed by atoms with Gasteiger partial charge >= 0.3 is 0 Å². The molecule has 0 saturated heterocycles. The average Bonchev–Trinajstić information content (AvgIpc) is 2.47. The van der Waals surface area contributed by atoms with E-state index < -0.39 is 0 Å². The van der Waals surface area contributed by atoms with Gasteiger partial charge in [0.15, 0.2) is 0 Å². The van der Waals surface area contributed by atoms with E-state index in [-0.39, 0.29) is 6.04 Å². The third-order valence-electron chi connectivity index (χ3n) is 3.15. The fourth-order valence-electron chi connectivity index (χ4n) is 2.07. The lowest BCUT2D eigenvalue weighted by Crippen LogP contribution is -2.36. The van der Waals surface area contributed by atoms with E-state index in [4.69, 9.17) is 15.2 Å². The van der Waals surface area contributed by atoms with Gasteiger partial charge in [0.25, 0.3) is 0 Å². The van der Waals surface area contributed by atoms with Crippen molar-refractivity contribution in [3.8, 4) is 5.88 Å². The number of rotatable bonds is 9. The van der Waals surface area contributed by atoms with E-state index >= 15 is 0 Å². The first kappa shape index (κ1) is 15.9. The highest BCUT2D eigenvalue weighted by molar-refractivity contribution is 5.21. The van der Waals surface area contributed by atoms with Gasteiger partial charge in [-0.05, 0) is 19.0 Å². The Balaban J connectivity index is 2.71. The molecule has 0 aliphatic rings. The summed E-state index contributed by atoms with van der Waals surface area (Å²) in [5.74, 6) is 0.622. The highest BCUT2D eigenvalue weighted by atomic mass is 16.5. The van der Waals surface area contributed by atoms with E-state index in [2.05, 4.69) is 16.8 Å². The monoisotopic (exact) mass is 267 g/mol. The van der Waals surface area contributed by atoms with Gasteiger partial charge in [0, 0.05) is 38.0 Å². The van der Waals surface area contributed by atoms with Crippen molar-refractivity contribution in [1.29, 1.82) is 0 Å². The Morgan fingerprint density at radius 2 is 2.16 bits per heavy atom. The molecule has 19 heavy (non-hydrogen) atoms. The molecule has 1 aromatic heterocycles. The van der Waals surface area contributed by atoms with Crippen LogP contribution in [0.4, 0.5) is 0 Å². The highest BCUT2D eigenvalue weighted by Gasteiger charge is 2.17. The summed E-state index contributed by atoms with van der Waals surface area (Å²) in [7, 11) is 1.61. The Bertz CT molecular complexity index is 343. The van der Waals surface area contributed by atoms with E-state index in [0.29, 0.717) is 12.4 Å². The van der Waals surface area contributed by atoms with Crippen molar-refractivity contribution in [2.24, 2.45) is 5.73 Å². The van der Waals surface area contributed by atoms with Crippen molar-refractivity contribution < 1.29 is 9.47 Å². The Morgan fingerprint density at radius 3 is 2.63 bits per heavy atom. The number of hydrogen-bond donors (Lipinski definition) is 1. The zero-order chi connectivity index (χ0) is 14.1.